The van der Waals surface area contributed by atoms with Crippen LogP contribution in [0.3, 0.4) is 0 Å². The van der Waals surface area contributed by atoms with Crippen LogP contribution in [0.1, 0.15) is 24.9 Å². The molecule has 116 valence electrons. The molecule has 1 aromatic carbocycles. The smallest absolute Gasteiger partial charge is 0.228 e. The first-order valence-corrected chi connectivity index (χ1v) is 7.57. The summed E-state index contributed by atoms with van der Waals surface area (Å²) in [5, 5.41) is 7.82. The molecule has 0 saturated heterocycles. The standard InChI is InChI=1S/C15H17N3O3S/c1-10(19)17-13(11-3-5-12(21-2)6-4-11)9-14(20)18-15-16-7-8-22-15/h3-8,13H,9H2,1-2H3,(H,17,19)(H,16,18,20)/t13-/m1/s1. The van der Waals surface area contributed by atoms with Gasteiger partial charge in [-0.25, -0.2) is 4.98 Å². The van der Waals surface area contributed by atoms with Crippen LogP contribution in [0.5, 0.6) is 5.75 Å². The summed E-state index contributed by atoms with van der Waals surface area (Å²) in [5.74, 6) is 0.324. The van der Waals surface area contributed by atoms with E-state index in [1.807, 2.05) is 12.1 Å². The molecule has 1 atom stereocenters. The molecule has 0 unspecified atom stereocenters. The lowest BCUT2D eigenvalue weighted by atomic mass is 10.0. The average Bonchev–Trinajstić information content (AvgIpc) is 2.99. The number of amides is 2. The molecule has 0 fully saturated rings. The minimum absolute atomic E-state index is 0.130. The highest BCUT2D eigenvalue weighted by Crippen LogP contribution is 2.21. The van der Waals surface area contributed by atoms with E-state index in [-0.39, 0.29) is 18.2 Å². The molecule has 2 rings (SSSR count). The lowest BCUT2D eigenvalue weighted by Gasteiger charge is -2.18. The van der Waals surface area contributed by atoms with Crippen LogP contribution in [-0.4, -0.2) is 23.9 Å². The Labute approximate surface area is 132 Å². The third-order valence-corrected chi connectivity index (χ3v) is 3.65. The second-order valence-electron chi connectivity index (χ2n) is 4.62. The van der Waals surface area contributed by atoms with Gasteiger partial charge in [0.05, 0.1) is 19.6 Å². The maximum atomic E-state index is 12.1. The van der Waals surface area contributed by atoms with Gasteiger partial charge in [-0.3, -0.25) is 9.59 Å². The van der Waals surface area contributed by atoms with E-state index in [9.17, 15) is 9.59 Å². The lowest BCUT2D eigenvalue weighted by molar-refractivity contribution is -0.120. The number of anilines is 1. The number of methoxy groups -OCH3 is 1. The summed E-state index contributed by atoms with van der Waals surface area (Å²) < 4.78 is 5.11. The van der Waals surface area contributed by atoms with Gasteiger partial charge in [-0.2, -0.15) is 0 Å². The van der Waals surface area contributed by atoms with E-state index in [1.54, 1.807) is 30.8 Å². The molecule has 1 heterocycles. The highest BCUT2D eigenvalue weighted by atomic mass is 32.1. The third-order valence-electron chi connectivity index (χ3n) is 2.96. The Morgan fingerprint density at radius 2 is 2.05 bits per heavy atom. The van der Waals surface area contributed by atoms with E-state index in [4.69, 9.17) is 4.74 Å². The summed E-state index contributed by atoms with van der Waals surface area (Å²) in [4.78, 5) is 27.5. The minimum Gasteiger partial charge on any atom is -0.497 e. The van der Waals surface area contributed by atoms with Gasteiger partial charge in [-0.05, 0) is 17.7 Å². The summed E-state index contributed by atoms with van der Waals surface area (Å²) in [5.41, 5.74) is 0.838. The monoisotopic (exact) mass is 319 g/mol. The van der Waals surface area contributed by atoms with Crippen LogP contribution in [0.15, 0.2) is 35.8 Å². The first-order valence-electron chi connectivity index (χ1n) is 6.69. The molecular weight excluding hydrogens is 302 g/mol. The van der Waals surface area contributed by atoms with E-state index in [0.29, 0.717) is 5.13 Å². The highest BCUT2D eigenvalue weighted by Gasteiger charge is 2.17. The van der Waals surface area contributed by atoms with Gasteiger partial charge in [-0.1, -0.05) is 12.1 Å². The lowest BCUT2D eigenvalue weighted by Crippen LogP contribution is -2.29. The van der Waals surface area contributed by atoms with Gasteiger partial charge >= 0.3 is 0 Å². The summed E-state index contributed by atoms with van der Waals surface area (Å²) in [6, 6.07) is 6.85. The number of carbonyl (C=O) groups excluding carboxylic acids is 2. The molecule has 2 aromatic rings. The molecule has 0 aliphatic heterocycles. The number of hydrogen-bond donors (Lipinski definition) is 2. The van der Waals surface area contributed by atoms with Crippen molar-refractivity contribution in [3.8, 4) is 5.75 Å². The Kier molecular flexibility index (Phi) is 5.48. The van der Waals surface area contributed by atoms with Crippen LogP contribution in [0.25, 0.3) is 0 Å². The summed E-state index contributed by atoms with van der Waals surface area (Å²) in [6.45, 7) is 1.43. The summed E-state index contributed by atoms with van der Waals surface area (Å²) in [6.07, 6.45) is 1.75. The normalized spacial score (nSPS) is 11.5. The van der Waals surface area contributed by atoms with Crippen molar-refractivity contribution in [2.75, 3.05) is 12.4 Å². The zero-order chi connectivity index (χ0) is 15.9. The average molecular weight is 319 g/mol. The molecular formula is C15H17N3O3S. The van der Waals surface area contributed by atoms with Gasteiger partial charge in [0.2, 0.25) is 11.8 Å². The van der Waals surface area contributed by atoms with Gasteiger partial charge in [0.25, 0.3) is 0 Å². The van der Waals surface area contributed by atoms with Crippen LogP contribution in [-0.2, 0) is 9.59 Å². The van der Waals surface area contributed by atoms with Crippen molar-refractivity contribution in [2.24, 2.45) is 0 Å². The second kappa shape index (κ2) is 7.56. The fourth-order valence-corrected chi connectivity index (χ4v) is 2.52. The number of nitrogens with one attached hydrogen (secondary N) is 2. The van der Waals surface area contributed by atoms with Crippen molar-refractivity contribution in [2.45, 2.75) is 19.4 Å². The number of hydrogen-bond acceptors (Lipinski definition) is 5. The quantitative estimate of drug-likeness (QED) is 0.856. The molecule has 0 saturated carbocycles. The van der Waals surface area contributed by atoms with Crippen LogP contribution < -0.4 is 15.4 Å². The molecule has 7 heteroatoms. The number of rotatable bonds is 6. The number of benzene rings is 1. The predicted molar refractivity (Wildman–Crippen MR) is 84.9 cm³/mol. The summed E-state index contributed by atoms with van der Waals surface area (Å²) in [7, 11) is 1.59. The number of aromatic nitrogens is 1. The van der Waals surface area contributed by atoms with Crippen molar-refractivity contribution >= 4 is 28.3 Å². The molecule has 0 aliphatic carbocycles. The van der Waals surface area contributed by atoms with Crippen molar-refractivity contribution < 1.29 is 14.3 Å². The molecule has 22 heavy (non-hydrogen) atoms. The largest absolute Gasteiger partial charge is 0.497 e. The van der Waals surface area contributed by atoms with Gasteiger partial charge < -0.3 is 15.4 Å². The maximum Gasteiger partial charge on any atom is 0.228 e. The van der Waals surface area contributed by atoms with Gasteiger partial charge in [0.1, 0.15) is 5.75 Å². The van der Waals surface area contributed by atoms with Gasteiger partial charge in [0.15, 0.2) is 5.13 Å². The van der Waals surface area contributed by atoms with Crippen LogP contribution >= 0.6 is 11.3 Å². The molecule has 1 aromatic heterocycles. The summed E-state index contributed by atoms with van der Waals surface area (Å²) >= 11 is 1.35. The van der Waals surface area contributed by atoms with Crippen LogP contribution in [0, 0.1) is 0 Å². The van der Waals surface area contributed by atoms with E-state index in [0.717, 1.165) is 11.3 Å². The number of ether oxygens (including phenoxy) is 1. The molecule has 0 aliphatic rings. The fourth-order valence-electron chi connectivity index (χ4n) is 1.97. The zero-order valence-corrected chi connectivity index (χ0v) is 13.1. The Morgan fingerprint density at radius 3 is 2.59 bits per heavy atom. The number of thiazole rings is 1. The Morgan fingerprint density at radius 1 is 1.32 bits per heavy atom. The Hall–Kier alpha value is -2.41. The van der Waals surface area contributed by atoms with Crippen LogP contribution in [0.4, 0.5) is 5.13 Å². The first-order chi connectivity index (χ1) is 10.6. The third kappa shape index (κ3) is 4.56. The van der Waals surface area contributed by atoms with Crippen molar-refractivity contribution in [1.82, 2.24) is 10.3 Å². The Balaban J connectivity index is 2.07. The van der Waals surface area contributed by atoms with Gasteiger partial charge in [0, 0.05) is 18.5 Å². The predicted octanol–water partition coefficient (Wildman–Crippen LogP) is 2.36. The van der Waals surface area contributed by atoms with Crippen molar-refractivity contribution in [3.05, 3.63) is 41.4 Å². The molecule has 2 N–H and O–H groups in total. The molecule has 0 spiro atoms. The minimum atomic E-state index is -0.400. The van der Waals surface area contributed by atoms with E-state index < -0.39 is 6.04 Å². The topological polar surface area (TPSA) is 80.3 Å². The first kappa shape index (κ1) is 16.0. The molecule has 2 amide bonds. The molecule has 0 radical (unpaired) electrons. The maximum absolute atomic E-state index is 12.1. The molecule has 0 bridgehead atoms. The van der Waals surface area contributed by atoms with Crippen molar-refractivity contribution in [1.29, 1.82) is 0 Å². The van der Waals surface area contributed by atoms with Gasteiger partial charge in [-0.15, -0.1) is 11.3 Å². The number of nitrogens with zero attached hydrogens (tertiary/aromatic N) is 1. The Bertz CT molecular complexity index is 626. The molecule has 6 nitrogen and oxygen atoms in total. The fraction of sp³-hybridized carbons (Fsp3) is 0.267. The van der Waals surface area contributed by atoms with E-state index in [2.05, 4.69) is 15.6 Å². The number of carbonyl (C=O) groups is 2. The van der Waals surface area contributed by atoms with E-state index in [1.165, 1.54) is 18.3 Å². The SMILES string of the molecule is COc1ccc([C@@H](CC(=O)Nc2nccs2)NC(C)=O)cc1. The van der Waals surface area contributed by atoms with Crippen LogP contribution in [0.2, 0.25) is 0 Å². The van der Waals surface area contributed by atoms with E-state index >= 15 is 0 Å². The second-order valence-corrected chi connectivity index (χ2v) is 5.51. The zero-order valence-electron chi connectivity index (χ0n) is 12.3. The van der Waals surface area contributed by atoms with Crippen molar-refractivity contribution in [3.63, 3.8) is 0 Å². The highest BCUT2D eigenvalue weighted by molar-refractivity contribution is 7.13.